The number of alkyl halides is 1. The molecule has 0 saturated heterocycles. The Labute approximate surface area is 100 Å². The van der Waals surface area contributed by atoms with Gasteiger partial charge in [-0.15, -0.1) is 0 Å². The van der Waals surface area contributed by atoms with Crippen LogP contribution in [0.25, 0.3) is 0 Å². The first-order valence-corrected chi connectivity index (χ1v) is 6.55. The van der Waals surface area contributed by atoms with Crippen LogP contribution in [0.1, 0.15) is 37.6 Å². The Morgan fingerprint density at radius 3 is 2.80 bits per heavy atom. The molecule has 1 rings (SSSR count). The SMILES string of the molecule is CCCCCOc1ccc(C)nc1CBr. The lowest BCUT2D eigenvalue weighted by molar-refractivity contribution is 0.302. The molecule has 3 heteroatoms. The lowest BCUT2D eigenvalue weighted by Gasteiger charge is -2.09. The van der Waals surface area contributed by atoms with Crippen molar-refractivity contribution in [2.45, 2.75) is 38.4 Å². The predicted octanol–water partition coefficient (Wildman–Crippen LogP) is 3.85. The van der Waals surface area contributed by atoms with Crippen LogP contribution in [0.2, 0.25) is 0 Å². The van der Waals surface area contributed by atoms with Crippen LogP contribution in [0.15, 0.2) is 12.1 Å². The van der Waals surface area contributed by atoms with Gasteiger partial charge in [0.2, 0.25) is 0 Å². The van der Waals surface area contributed by atoms with Gasteiger partial charge in [-0.25, -0.2) is 0 Å². The van der Waals surface area contributed by atoms with Gasteiger partial charge in [-0.1, -0.05) is 35.7 Å². The normalized spacial score (nSPS) is 10.3. The van der Waals surface area contributed by atoms with Crippen LogP contribution in [-0.4, -0.2) is 11.6 Å². The number of hydrogen-bond acceptors (Lipinski definition) is 2. The molecule has 84 valence electrons. The Kier molecular flexibility index (Phi) is 5.69. The third kappa shape index (κ3) is 4.20. The topological polar surface area (TPSA) is 22.1 Å². The molecule has 2 nitrogen and oxygen atoms in total. The van der Waals surface area contributed by atoms with Crippen LogP contribution in [-0.2, 0) is 5.33 Å². The van der Waals surface area contributed by atoms with Gasteiger partial charge in [0.25, 0.3) is 0 Å². The van der Waals surface area contributed by atoms with Gasteiger partial charge in [0.05, 0.1) is 12.3 Å². The third-order valence-electron chi connectivity index (χ3n) is 2.20. The van der Waals surface area contributed by atoms with Crippen molar-refractivity contribution in [3.8, 4) is 5.75 Å². The maximum absolute atomic E-state index is 5.69. The summed E-state index contributed by atoms with van der Waals surface area (Å²) in [5, 5.41) is 0.748. The third-order valence-corrected chi connectivity index (χ3v) is 2.73. The number of hydrogen-bond donors (Lipinski definition) is 0. The first-order chi connectivity index (χ1) is 7.27. The largest absolute Gasteiger partial charge is 0.492 e. The number of halogens is 1. The average Bonchev–Trinajstić information content (AvgIpc) is 2.26. The van der Waals surface area contributed by atoms with Crippen molar-refractivity contribution in [1.29, 1.82) is 0 Å². The van der Waals surface area contributed by atoms with E-state index in [1.54, 1.807) is 0 Å². The number of unbranched alkanes of at least 4 members (excludes halogenated alkanes) is 2. The summed E-state index contributed by atoms with van der Waals surface area (Å²) in [4.78, 5) is 4.42. The summed E-state index contributed by atoms with van der Waals surface area (Å²) in [6.07, 6.45) is 3.57. The van der Waals surface area contributed by atoms with Crippen molar-refractivity contribution in [3.63, 3.8) is 0 Å². The zero-order valence-electron chi connectivity index (χ0n) is 9.42. The molecule has 1 aromatic heterocycles. The fourth-order valence-corrected chi connectivity index (χ4v) is 1.76. The van der Waals surface area contributed by atoms with E-state index in [1.807, 2.05) is 19.1 Å². The van der Waals surface area contributed by atoms with E-state index in [-0.39, 0.29) is 0 Å². The highest BCUT2D eigenvalue weighted by Crippen LogP contribution is 2.19. The van der Waals surface area contributed by atoms with E-state index in [9.17, 15) is 0 Å². The first kappa shape index (κ1) is 12.5. The van der Waals surface area contributed by atoms with E-state index in [2.05, 4.69) is 27.8 Å². The Balaban J connectivity index is 2.52. The van der Waals surface area contributed by atoms with Gasteiger partial charge in [-0.3, -0.25) is 4.98 Å². The molecule has 0 amide bonds. The summed E-state index contributed by atoms with van der Waals surface area (Å²) in [6.45, 7) is 4.98. The van der Waals surface area contributed by atoms with Gasteiger partial charge in [-0.2, -0.15) is 0 Å². The fraction of sp³-hybridized carbons (Fsp3) is 0.583. The Bertz CT molecular complexity index is 302. The van der Waals surface area contributed by atoms with Crippen LogP contribution in [0.5, 0.6) is 5.75 Å². The molecular weight excluding hydrogens is 254 g/mol. The molecular formula is C12H18BrNO. The molecule has 0 radical (unpaired) electrons. The molecule has 0 fully saturated rings. The molecule has 0 spiro atoms. The summed E-state index contributed by atoms with van der Waals surface area (Å²) >= 11 is 3.42. The molecule has 0 saturated carbocycles. The van der Waals surface area contributed by atoms with Gasteiger partial charge in [0, 0.05) is 11.0 Å². The van der Waals surface area contributed by atoms with E-state index < -0.39 is 0 Å². The van der Waals surface area contributed by atoms with E-state index in [0.717, 1.165) is 35.5 Å². The summed E-state index contributed by atoms with van der Waals surface area (Å²) in [5.41, 5.74) is 2.02. The van der Waals surface area contributed by atoms with Crippen molar-refractivity contribution < 1.29 is 4.74 Å². The monoisotopic (exact) mass is 271 g/mol. The lowest BCUT2D eigenvalue weighted by atomic mass is 10.2. The minimum Gasteiger partial charge on any atom is -0.492 e. The molecule has 0 aliphatic heterocycles. The van der Waals surface area contributed by atoms with Crippen LogP contribution < -0.4 is 4.74 Å². The van der Waals surface area contributed by atoms with Crippen molar-refractivity contribution in [2.24, 2.45) is 0 Å². The summed E-state index contributed by atoms with van der Waals surface area (Å²) in [5.74, 6) is 0.911. The minimum atomic E-state index is 0.748. The summed E-state index contributed by atoms with van der Waals surface area (Å²) in [6, 6.07) is 3.99. The summed E-state index contributed by atoms with van der Waals surface area (Å²) < 4.78 is 5.69. The molecule has 0 N–H and O–H groups in total. The first-order valence-electron chi connectivity index (χ1n) is 5.43. The predicted molar refractivity (Wildman–Crippen MR) is 66.6 cm³/mol. The summed E-state index contributed by atoms with van der Waals surface area (Å²) in [7, 11) is 0. The standard InChI is InChI=1S/C12H18BrNO/c1-3-4-5-8-15-12-7-6-10(2)14-11(12)9-13/h6-7H,3-5,8-9H2,1-2H3. The molecule has 0 aromatic carbocycles. The van der Waals surface area contributed by atoms with Crippen LogP contribution >= 0.6 is 15.9 Å². The number of aryl methyl sites for hydroxylation is 1. The average molecular weight is 272 g/mol. The second-order valence-electron chi connectivity index (χ2n) is 3.59. The van der Waals surface area contributed by atoms with Gasteiger partial charge >= 0.3 is 0 Å². The van der Waals surface area contributed by atoms with E-state index in [1.165, 1.54) is 12.8 Å². The maximum atomic E-state index is 5.69. The van der Waals surface area contributed by atoms with Gasteiger partial charge < -0.3 is 4.74 Å². The lowest BCUT2D eigenvalue weighted by Crippen LogP contribution is -2.01. The molecule has 0 aliphatic rings. The number of nitrogens with zero attached hydrogens (tertiary/aromatic N) is 1. The van der Waals surface area contributed by atoms with E-state index >= 15 is 0 Å². The van der Waals surface area contributed by atoms with Crippen LogP contribution in [0.3, 0.4) is 0 Å². The highest BCUT2D eigenvalue weighted by atomic mass is 79.9. The zero-order valence-corrected chi connectivity index (χ0v) is 11.0. The molecule has 1 aromatic rings. The maximum Gasteiger partial charge on any atom is 0.141 e. The molecule has 0 atom stereocenters. The highest BCUT2D eigenvalue weighted by molar-refractivity contribution is 9.08. The quantitative estimate of drug-likeness (QED) is 0.579. The number of pyridine rings is 1. The van der Waals surface area contributed by atoms with Gasteiger partial charge in [0.1, 0.15) is 5.75 Å². The highest BCUT2D eigenvalue weighted by Gasteiger charge is 2.03. The van der Waals surface area contributed by atoms with Gasteiger partial charge in [0.15, 0.2) is 0 Å². The van der Waals surface area contributed by atoms with Gasteiger partial charge in [-0.05, 0) is 25.5 Å². The van der Waals surface area contributed by atoms with Crippen molar-refractivity contribution in [1.82, 2.24) is 4.98 Å². The fourth-order valence-electron chi connectivity index (χ4n) is 1.36. The Hall–Kier alpha value is -0.570. The second-order valence-corrected chi connectivity index (χ2v) is 4.15. The van der Waals surface area contributed by atoms with Crippen molar-refractivity contribution in [3.05, 3.63) is 23.5 Å². The van der Waals surface area contributed by atoms with E-state index in [0.29, 0.717) is 0 Å². The van der Waals surface area contributed by atoms with Crippen molar-refractivity contribution >= 4 is 15.9 Å². The van der Waals surface area contributed by atoms with Crippen LogP contribution in [0.4, 0.5) is 0 Å². The Morgan fingerprint density at radius 2 is 2.13 bits per heavy atom. The molecule has 15 heavy (non-hydrogen) atoms. The smallest absolute Gasteiger partial charge is 0.141 e. The van der Waals surface area contributed by atoms with Crippen LogP contribution in [0, 0.1) is 6.92 Å². The molecule has 0 bridgehead atoms. The zero-order chi connectivity index (χ0) is 11.1. The number of rotatable bonds is 6. The number of ether oxygens (including phenoxy) is 1. The van der Waals surface area contributed by atoms with E-state index in [4.69, 9.17) is 4.74 Å². The molecule has 0 unspecified atom stereocenters. The molecule has 0 aliphatic carbocycles. The molecule has 1 heterocycles. The van der Waals surface area contributed by atoms with Crippen molar-refractivity contribution in [2.75, 3.05) is 6.61 Å². The second kappa shape index (κ2) is 6.83. The Morgan fingerprint density at radius 1 is 1.33 bits per heavy atom. The minimum absolute atomic E-state index is 0.748. The number of aromatic nitrogens is 1.